The number of carbonyl (C=O) groups excluding carboxylic acids is 3. The van der Waals surface area contributed by atoms with Crippen molar-refractivity contribution in [2.75, 3.05) is 18.4 Å². The lowest BCUT2D eigenvalue weighted by Crippen LogP contribution is -2.37. The summed E-state index contributed by atoms with van der Waals surface area (Å²) in [5.74, 6) is 0.663. The Labute approximate surface area is 166 Å². The third-order valence-corrected chi connectivity index (χ3v) is 4.19. The van der Waals surface area contributed by atoms with Gasteiger partial charge in [-0.25, -0.2) is 4.79 Å². The van der Waals surface area contributed by atoms with Gasteiger partial charge in [-0.3, -0.25) is 9.59 Å². The van der Waals surface area contributed by atoms with Gasteiger partial charge in [-0.1, -0.05) is 29.8 Å². The van der Waals surface area contributed by atoms with Gasteiger partial charge in [0, 0.05) is 25.9 Å². The van der Waals surface area contributed by atoms with Crippen molar-refractivity contribution in [3.05, 3.63) is 0 Å². The molecule has 0 aromatic heterocycles. The minimum absolute atomic E-state index is 0.0199. The lowest BCUT2D eigenvalue weighted by molar-refractivity contribution is -0.122. The van der Waals surface area contributed by atoms with Crippen molar-refractivity contribution in [1.82, 2.24) is 10.6 Å². The third-order valence-electron chi connectivity index (χ3n) is 3.57. The Hall–Kier alpha value is -1.11. The molecule has 0 aliphatic carbocycles. The minimum Gasteiger partial charge on any atom is -0.444 e. The number of unbranched alkanes of at least 4 members (excludes halogenated alkanes) is 1. The standard InChI is InChI=1S/C19H35BrN2O4/c1-14(2)10-15(13-22-18(25)26-19(3,4)5)11-17(24)21-9-7-6-8-16(23)12-20/h14-15H,6-13H2,1-5H3,(H,21,24)(H,22,25)/t15-/m0/s1. The Bertz CT molecular complexity index is 447. The zero-order valence-electron chi connectivity index (χ0n) is 16.8. The first-order valence-corrected chi connectivity index (χ1v) is 10.5. The van der Waals surface area contributed by atoms with Crippen LogP contribution in [0.3, 0.4) is 0 Å². The molecule has 6 nitrogen and oxygen atoms in total. The van der Waals surface area contributed by atoms with Crippen LogP contribution in [0.2, 0.25) is 0 Å². The summed E-state index contributed by atoms with van der Waals surface area (Å²) in [5.41, 5.74) is -0.536. The Kier molecular flexibility index (Phi) is 12.6. The molecule has 0 spiro atoms. The molecule has 152 valence electrons. The fraction of sp³-hybridized carbons (Fsp3) is 0.842. The first-order chi connectivity index (χ1) is 12.0. The van der Waals surface area contributed by atoms with Gasteiger partial charge in [0.1, 0.15) is 11.4 Å². The molecule has 26 heavy (non-hydrogen) atoms. The monoisotopic (exact) mass is 434 g/mol. The lowest BCUT2D eigenvalue weighted by Gasteiger charge is -2.22. The Morgan fingerprint density at radius 3 is 2.27 bits per heavy atom. The van der Waals surface area contributed by atoms with E-state index in [9.17, 15) is 14.4 Å². The van der Waals surface area contributed by atoms with Gasteiger partial charge in [-0.2, -0.15) is 0 Å². The van der Waals surface area contributed by atoms with E-state index in [4.69, 9.17) is 4.74 Å². The molecule has 0 aromatic carbocycles. The maximum atomic E-state index is 12.1. The van der Waals surface area contributed by atoms with E-state index in [0.717, 1.165) is 19.3 Å². The van der Waals surface area contributed by atoms with Crippen molar-refractivity contribution >= 4 is 33.7 Å². The summed E-state index contributed by atoms with van der Waals surface area (Å²) in [5, 5.41) is 6.05. The molecule has 2 amide bonds. The van der Waals surface area contributed by atoms with E-state index >= 15 is 0 Å². The molecule has 0 heterocycles. The molecule has 0 saturated carbocycles. The number of rotatable bonds is 12. The van der Waals surface area contributed by atoms with Crippen molar-refractivity contribution in [3.8, 4) is 0 Å². The van der Waals surface area contributed by atoms with Gasteiger partial charge in [-0.15, -0.1) is 0 Å². The Morgan fingerprint density at radius 2 is 1.73 bits per heavy atom. The van der Waals surface area contributed by atoms with Crippen LogP contribution in [0, 0.1) is 11.8 Å². The molecule has 0 bridgehead atoms. The highest BCUT2D eigenvalue weighted by Crippen LogP contribution is 2.15. The van der Waals surface area contributed by atoms with Crippen molar-refractivity contribution < 1.29 is 19.1 Å². The maximum absolute atomic E-state index is 12.1. The normalized spacial score (nSPS) is 12.6. The summed E-state index contributed by atoms with van der Waals surface area (Å²) >= 11 is 3.14. The van der Waals surface area contributed by atoms with Crippen LogP contribution in [-0.2, 0) is 14.3 Å². The summed E-state index contributed by atoms with van der Waals surface area (Å²) in [6, 6.07) is 0. The quantitative estimate of drug-likeness (QED) is 0.361. The van der Waals surface area contributed by atoms with Crippen LogP contribution in [-0.4, -0.2) is 41.8 Å². The van der Waals surface area contributed by atoms with E-state index in [1.165, 1.54) is 0 Å². The predicted molar refractivity (Wildman–Crippen MR) is 107 cm³/mol. The molecule has 7 heteroatoms. The summed E-state index contributed by atoms with van der Waals surface area (Å²) < 4.78 is 5.24. The van der Waals surface area contributed by atoms with Crippen molar-refractivity contribution in [2.24, 2.45) is 11.8 Å². The number of halogens is 1. The molecule has 0 aliphatic heterocycles. The third kappa shape index (κ3) is 15.2. The SMILES string of the molecule is CC(C)C[C@H](CNC(=O)OC(C)(C)C)CC(=O)NCCCCC(=O)CBr. The summed E-state index contributed by atoms with van der Waals surface area (Å²) in [6.07, 6.45) is 2.87. The highest BCUT2D eigenvalue weighted by Gasteiger charge is 2.19. The van der Waals surface area contributed by atoms with Gasteiger partial charge < -0.3 is 15.4 Å². The molecule has 2 N–H and O–H groups in total. The van der Waals surface area contributed by atoms with Crippen LogP contribution in [0.1, 0.15) is 66.7 Å². The molecule has 0 radical (unpaired) electrons. The van der Waals surface area contributed by atoms with Crippen LogP contribution >= 0.6 is 15.9 Å². The molecular formula is C19H35BrN2O4. The van der Waals surface area contributed by atoms with Gasteiger partial charge in [0.25, 0.3) is 0 Å². The lowest BCUT2D eigenvalue weighted by atomic mass is 9.93. The zero-order chi connectivity index (χ0) is 20.2. The van der Waals surface area contributed by atoms with Crippen LogP contribution in [0.15, 0.2) is 0 Å². The number of amides is 2. The molecule has 0 rings (SSSR count). The summed E-state index contributed by atoms with van der Waals surface area (Å²) in [7, 11) is 0. The van der Waals surface area contributed by atoms with E-state index < -0.39 is 11.7 Å². The average molecular weight is 435 g/mol. The number of ketones is 1. The molecule has 0 fully saturated rings. The number of Topliss-reactive ketones (excluding diaryl/α,β-unsaturated/α-hetero) is 1. The van der Waals surface area contributed by atoms with Gasteiger partial charge in [-0.05, 0) is 51.9 Å². The highest BCUT2D eigenvalue weighted by molar-refractivity contribution is 9.09. The largest absolute Gasteiger partial charge is 0.444 e. The van der Waals surface area contributed by atoms with E-state index in [0.29, 0.717) is 37.2 Å². The molecule has 0 aromatic rings. The number of ether oxygens (including phenoxy) is 1. The maximum Gasteiger partial charge on any atom is 0.407 e. The second kappa shape index (κ2) is 13.1. The van der Waals surface area contributed by atoms with E-state index in [2.05, 4.69) is 40.4 Å². The fourth-order valence-corrected chi connectivity index (χ4v) is 2.80. The van der Waals surface area contributed by atoms with Crippen molar-refractivity contribution in [1.29, 1.82) is 0 Å². The van der Waals surface area contributed by atoms with E-state index in [1.807, 2.05) is 20.8 Å². The van der Waals surface area contributed by atoms with E-state index in [1.54, 1.807) is 0 Å². The second-order valence-corrected chi connectivity index (χ2v) is 8.62. The number of nitrogens with one attached hydrogen (secondary N) is 2. The van der Waals surface area contributed by atoms with Gasteiger partial charge in [0.2, 0.25) is 5.91 Å². The van der Waals surface area contributed by atoms with Gasteiger partial charge >= 0.3 is 6.09 Å². The molecule has 0 unspecified atom stereocenters. The number of hydrogen-bond donors (Lipinski definition) is 2. The number of carbonyl (C=O) groups is 3. The Morgan fingerprint density at radius 1 is 1.08 bits per heavy atom. The van der Waals surface area contributed by atoms with Crippen LogP contribution in [0.5, 0.6) is 0 Å². The molecule has 0 aliphatic rings. The van der Waals surface area contributed by atoms with Crippen LogP contribution in [0.25, 0.3) is 0 Å². The number of hydrogen-bond acceptors (Lipinski definition) is 4. The van der Waals surface area contributed by atoms with E-state index in [-0.39, 0.29) is 17.6 Å². The molecule has 1 atom stereocenters. The summed E-state index contributed by atoms with van der Waals surface area (Å²) in [6.45, 7) is 10.6. The smallest absolute Gasteiger partial charge is 0.407 e. The minimum atomic E-state index is -0.536. The number of alkyl carbamates (subject to hydrolysis) is 1. The van der Waals surface area contributed by atoms with Crippen molar-refractivity contribution in [3.63, 3.8) is 0 Å². The Balaban J connectivity index is 4.20. The first kappa shape index (κ1) is 24.9. The van der Waals surface area contributed by atoms with Crippen molar-refractivity contribution in [2.45, 2.75) is 72.3 Å². The topological polar surface area (TPSA) is 84.5 Å². The predicted octanol–water partition coefficient (Wildman–Crippen LogP) is 3.81. The first-order valence-electron chi connectivity index (χ1n) is 9.34. The zero-order valence-corrected chi connectivity index (χ0v) is 18.4. The average Bonchev–Trinajstić information content (AvgIpc) is 2.49. The van der Waals surface area contributed by atoms with Gasteiger partial charge in [0.15, 0.2) is 0 Å². The van der Waals surface area contributed by atoms with Gasteiger partial charge in [0.05, 0.1) is 5.33 Å². The van der Waals surface area contributed by atoms with Crippen LogP contribution < -0.4 is 10.6 Å². The molecular weight excluding hydrogens is 400 g/mol. The molecule has 0 saturated heterocycles. The highest BCUT2D eigenvalue weighted by atomic mass is 79.9. The van der Waals surface area contributed by atoms with Crippen LogP contribution in [0.4, 0.5) is 4.79 Å². The second-order valence-electron chi connectivity index (χ2n) is 8.06. The number of alkyl halides is 1. The summed E-state index contributed by atoms with van der Waals surface area (Å²) in [4.78, 5) is 35.1. The fourth-order valence-electron chi connectivity index (χ4n) is 2.52.